The predicted octanol–water partition coefficient (Wildman–Crippen LogP) is 1.75. The lowest BCUT2D eigenvalue weighted by Gasteiger charge is -1.98. The molecule has 1 heterocycles. The third-order valence-corrected chi connectivity index (χ3v) is 2.23. The van der Waals surface area contributed by atoms with E-state index in [1.54, 1.807) is 0 Å². The van der Waals surface area contributed by atoms with Crippen molar-refractivity contribution < 1.29 is 4.52 Å². The van der Waals surface area contributed by atoms with E-state index in [1.807, 2.05) is 0 Å². The summed E-state index contributed by atoms with van der Waals surface area (Å²) >= 11 is 0. The summed E-state index contributed by atoms with van der Waals surface area (Å²) in [6, 6.07) is 8.40. The molecule has 0 aliphatic rings. The number of hydrogen-bond acceptors (Lipinski definition) is 4. The number of nitrogen functional groups attached to an aromatic ring is 1. The van der Waals surface area contributed by atoms with Crippen LogP contribution in [-0.4, -0.2) is 10.1 Å². The Labute approximate surface area is 88.1 Å². The van der Waals surface area contributed by atoms with Crippen molar-refractivity contribution in [3.8, 4) is 0 Å². The Morgan fingerprint density at radius 3 is 2.53 bits per heavy atom. The van der Waals surface area contributed by atoms with E-state index in [0.717, 1.165) is 12.8 Å². The van der Waals surface area contributed by atoms with Gasteiger partial charge in [-0.3, -0.25) is 0 Å². The SMILES string of the molecule is Cc1ccc(CCc2nc(N)no2)cc1. The molecule has 4 heteroatoms. The van der Waals surface area contributed by atoms with Gasteiger partial charge in [0.1, 0.15) is 0 Å². The summed E-state index contributed by atoms with van der Waals surface area (Å²) in [6.45, 7) is 2.07. The number of nitrogens with zero attached hydrogens (tertiary/aromatic N) is 2. The normalized spacial score (nSPS) is 10.5. The third-order valence-electron chi connectivity index (χ3n) is 2.23. The molecule has 0 radical (unpaired) electrons. The minimum atomic E-state index is 0.203. The maximum Gasteiger partial charge on any atom is 0.260 e. The second kappa shape index (κ2) is 4.13. The molecule has 15 heavy (non-hydrogen) atoms. The summed E-state index contributed by atoms with van der Waals surface area (Å²) < 4.78 is 4.92. The van der Waals surface area contributed by atoms with Crippen molar-refractivity contribution in [1.29, 1.82) is 0 Å². The van der Waals surface area contributed by atoms with Crippen LogP contribution >= 0.6 is 0 Å². The Balaban J connectivity index is 1.96. The summed E-state index contributed by atoms with van der Waals surface area (Å²) in [6.07, 6.45) is 1.62. The zero-order valence-electron chi connectivity index (χ0n) is 8.60. The fourth-order valence-corrected chi connectivity index (χ4v) is 1.38. The average Bonchev–Trinajstić information content (AvgIpc) is 2.64. The molecule has 2 N–H and O–H groups in total. The van der Waals surface area contributed by atoms with Crippen LogP contribution in [0.5, 0.6) is 0 Å². The molecule has 0 bridgehead atoms. The lowest BCUT2D eigenvalue weighted by atomic mass is 10.1. The molecular formula is C11H13N3O. The Hall–Kier alpha value is -1.84. The highest BCUT2D eigenvalue weighted by Crippen LogP contribution is 2.07. The van der Waals surface area contributed by atoms with Crippen LogP contribution in [0, 0.1) is 6.92 Å². The van der Waals surface area contributed by atoms with Gasteiger partial charge in [0.25, 0.3) is 5.95 Å². The van der Waals surface area contributed by atoms with Crippen LogP contribution in [0.1, 0.15) is 17.0 Å². The van der Waals surface area contributed by atoms with Gasteiger partial charge >= 0.3 is 0 Å². The number of aryl methyl sites for hydroxylation is 3. The van der Waals surface area contributed by atoms with Crippen LogP contribution in [0.2, 0.25) is 0 Å². The highest BCUT2D eigenvalue weighted by molar-refractivity contribution is 5.21. The first kappa shape index (κ1) is 9.71. The van der Waals surface area contributed by atoms with Crippen molar-refractivity contribution in [2.45, 2.75) is 19.8 Å². The van der Waals surface area contributed by atoms with Gasteiger partial charge in [0.15, 0.2) is 0 Å². The summed E-state index contributed by atoms with van der Waals surface area (Å²) in [5.74, 6) is 0.794. The molecule has 0 saturated carbocycles. The molecule has 0 saturated heterocycles. The van der Waals surface area contributed by atoms with Crippen LogP contribution in [0.25, 0.3) is 0 Å². The van der Waals surface area contributed by atoms with E-state index in [1.165, 1.54) is 11.1 Å². The molecule has 0 aliphatic carbocycles. The summed E-state index contributed by atoms with van der Waals surface area (Å²) in [5.41, 5.74) is 7.88. The Morgan fingerprint density at radius 2 is 1.93 bits per heavy atom. The van der Waals surface area contributed by atoms with Gasteiger partial charge < -0.3 is 10.3 Å². The number of aromatic nitrogens is 2. The largest absolute Gasteiger partial charge is 0.365 e. The van der Waals surface area contributed by atoms with Crippen molar-refractivity contribution in [3.05, 3.63) is 41.3 Å². The van der Waals surface area contributed by atoms with Crippen molar-refractivity contribution in [1.82, 2.24) is 10.1 Å². The quantitative estimate of drug-likeness (QED) is 0.825. The van der Waals surface area contributed by atoms with Crippen LogP contribution in [0.15, 0.2) is 28.8 Å². The molecule has 0 atom stereocenters. The van der Waals surface area contributed by atoms with E-state index in [4.69, 9.17) is 10.3 Å². The molecule has 2 rings (SSSR count). The smallest absolute Gasteiger partial charge is 0.260 e. The summed E-state index contributed by atoms with van der Waals surface area (Å²) in [4.78, 5) is 3.94. The van der Waals surface area contributed by atoms with Gasteiger partial charge in [-0.1, -0.05) is 29.8 Å². The molecule has 78 valence electrons. The second-order valence-corrected chi connectivity index (χ2v) is 3.53. The minimum Gasteiger partial charge on any atom is -0.365 e. The molecule has 0 fully saturated rings. The zero-order chi connectivity index (χ0) is 10.7. The van der Waals surface area contributed by atoms with Gasteiger partial charge in [0.05, 0.1) is 0 Å². The minimum absolute atomic E-state index is 0.203. The molecule has 0 aliphatic heterocycles. The fourth-order valence-electron chi connectivity index (χ4n) is 1.38. The van der Waals surface area contributed by atoms with E-state index in [-0.39, 0.29) is 5.95 Å². The molecule has 4 nitrogen and oxygen atoms in total. The molecule has 0 unspecified atom stereocenters. The highest BCUT2D eigenvalue weighted by atomic mass is 16.5. The maximum absolute atomic E-state index is 5.35. The Morgan fingerprint density at radius 1 is 1.20 bits per heavy atom. The molecule has 2 aromatic rings. The number of benzene rings is 1. The average molecular weight is 203 g/mol. The van der Waals surface area contributed by atoms with Crippen LogP contribution in [-0.2, 0) is 12.8 Å². The summed E-state index contributed by atoms with van der Waals surface area (Å²) in [7, 11) is 0. The van der Waals surface area contributed by atoms with E-state index < -0.39 is 0 Å². The van der Waals surface area contributed by atoms with Gasteiger partial charge in [-0.2, -0.15) is 4.98 Å². The lowest BCUT2D eigenvalue weighted by molar-refractivity contribution is 0.379. The molecular weight excluding hydrogens is 190 g/mol. The number of rotatable bonds is 3. The first-order valence-electron chi connectivity index (χ1n) is 4.87. The Bertz CT molecular complexity index is 433. The summed E-state index contributed by atoms with van der Waals surface area (Å²) in [5, 5.41) is 3.53. The van der Waals surface area contributed by atoms with Crippen LogP contribution in [0.3, 0.4) is 0 Å². The molecule has 0 spiro atoms. The molecule has 1 aromatic carbocycles. The van der Waals surface area contributed by atoms with Crippen molar-refractivity contribution >= 4 is 5.95 Å². The number of nitrogens with two attached hydrogens (primary N) is 1. The van der Waals surface area contributed by atoms with Crippen molar-refractivity contribution in [3.63, 3.8) is 0 Å². The van der Waals surface area contributed by atoms with Gasteiger partial charge in [0, 0.05) is 6.42 Å². The number of anilines is 1. The second-order valence-electron chi connectivity index (χ2n) is 3.53. The predicted molar refractivity (Wildman–Crippen MR) is 57.3 cm³/mol. The van der Waals surface area contributed by atoms with Gasteiger partial charge in [-0.25, -0.2) is 0 Å². The first-order chi connectivity index (χ1) is 7.24. The van der Waals surface area contributed by atoms with E-state index in [2.05, 4.69) is 41.3 Å². The maximum atomic E-state index is 5.35. The van der Waals surface area contributed by atoms with Crippen LogP contribution < -0.4 is 5.73 Å². The van der Waals surface area contributed by atoms with Crippen LogP contribution in [0.4, 0.5) is 5.95 Å². The van der Waals surface area contributed by atoms with Gasteiger partial charge in [-0.15, -0.1) is 0 Å². The van der Waals surface area contributed by atoms with E-state index in [9.17, 15) is 0 Å². The number of hydrogen-bond donors (Lipinski definition) is 1. The van der Waals surface area contributed by atoms with E-state index >= 15 is 0 Å². The lowest BCUT2D eigenvalue weighted by Crippen LogP contribution is -1.92. The zero-order valence-corrected chi connectivity index (χ0v) is 8.60. The van der Waals surface area contributed by atoms with Crippen molar-refractivity contribution in [2.75, 3.05) is 5.73 Å². The topological polar surface area (TPSA) is 64.9 Å². The fraction of sp³-hybridized carbons (Fsp3) is 0.273. The van der Waals surface area contributed by atoms with Crippen molar-refractivity contribution in [2.24, 2.45) is 0 Å². The third kappa shape index (κ3) is 2.56. The molecule has 0 amide bonds. The molecule has 1 aromatic heterocycles. The van der Waals surface area contributed by atoms with Gasteiger partial charge in [0.2, 0.25) is 5.89 Å². The first-order valence-corrected chi connectivity index (χ1v) is 4.87. The van der Waals surface area contributed by atoms with E-state index in [0.29, 0.717) is 5.89 Å². The Kier molecular flexibility index (Phi) is 2.67. The van der Waals surface area contributed by atoms with Gasteiger partial charge in [-0.05, 0) is 24.1 Å². The highest BCUT2D eigenvalue weighted by Gasteiger charge is 2.03. The standard InChI is InChI=1S/C11H13N3O/c1-8-2-4-9(5-3-8)6-7-10-13-11(12)14-15-10/h2-5H,6-7H2,1H3,(H2,12,14). The monoisotopic (exact) mass is 203 g/mol.